The van der Waals surface area contributed by atoms with E-state index in [4.69, 9.17) is 4.74 Å². The molecule has 2 aromatic rings. The average molecular weight is 386 g/mol. The first kappa shape index (κ1) is 14.3. The molecule has 0 aliphatic rings. The van der Waals surface area contributed by atoms with Crippen LogP contribution in [0.5, 0.6) is 5.75 Å². The summed E-state index contributed by atoms with van der Waals surface area (Å²) in [7, 11) is 1.69. The van der Waals surface area contributed by atoms with Gasteiger partial charge in [0.25, 0.3) is 0 Å². The third kappa shape index (κ3) is 3.94. The third-order valence-electron chi connectivity index (χ3n) is 2.69. The van der Waals surface area contributed by atoms with Crippen molar-refractivity contribution in [1.82, 2.24) is 4.98 Å². The number of aromatic nitrogens is 1. The second-order valence-electron chi connectivity index (χ2n) is 3.97. The van der Waals surface area contributed by atoms with Gasteiger partial charge in [0.2, 0.25) is 0 Å². The lowest BCUT2D eigenvalue weighted by Gasteiger charge is -2.10. The van der Waals surface area contributed by atoms with Crippen molar-refractivity contribution in [1.29, 1.82) is 0 Å². The second kappa shape index (κ2) is 6.91. The van der Waals surface area contributed by atoms with Crippen LogP contribution in [0.4, 0.5) is 5.82 Å². The number of benzene rings is 1. The first-order valence-corrected chi connectivity index (χ1v) is 7.46. The molecule has 5 heteroatoms. The predicted molar refractivity (Wildman–Crippen MR) is 84.8 cm³/mol. The quantitative estimate of drug-likeness (QED) is 0.834. The molecule has 0 unspecified atom stereocenters. The maximum absolute atomic E-state index is 5.33. The molecule has 0 saturated carbocycles. The molecule has 0 saturated heterocycles. The van der Waals surface area contributed by atoms with Crippen molar-refractivity contribution >= 4 is 37.7 Å². The minimum absolute atomic E-state index is 0.799. The van der Waals surface area contributed by atoms with Crippen molar-refractivity contribution < 1.29 is 4.74 Å². The first-order valence-electron chi connectivity index (χ1n) is 5.87. The van der Waals surface area contributed by atoms with E-state index in [-0.39, 0.29) is 0 Å². The number of para-hydroxylation sites is 1. The largest absolute Gasteiger partial charge is 0.496 e. The van der Waals surface area contributed by atoms with Gasteiger partial charge in [0, 0.05) is 17.2 Å². The van der Waals surface area contributed by atoms with Gasteiger partial charge in [-0.25, -0.2) is 4.98 Å². The van der Waals surface area contributed by atoms with Gasteiger partial charge in [-0.05, 0) is 56.0 Å². The monoisotopic (exact) mass is 384 g/mol. The normalized spacial score (nSPS) is 10.3. The van der Waals surface area contributed by atoms with Crippen molar-refractivity contribution in [2.24, 2.45) is 0 Å². The number of methoxy groups -OCH3 is 1. The van der Waals surface area contributed by atoms with Crippen LogP contribution in [0.15, 0.2) is 45.5 Å². The van der Waals surface area contributed by atoms with Gasteiger partial charge in [-0.15, -0.1) is 0 Å². The lowest BCUT2D eigenvalue weighted by molar-refractivity contribution is 0.410. The van der Waals surface area contributed by atoms with E-state index < -0.39 is 0 Å². The minimum atomic E-state index is 0.799. The lowest BCUT2D eigenvalue weighted by Crippen LogP contribution is -2.07. The Labute approximate surface area is 129 Å². The standard InChI is InChI=1S/C14H14Br2N2O/c1-19-13-5-3-2-4-10(13)6-7-17-14-12(16)8-11(15)9-18-14/h2-5,8-9H,6-7H2,1H3,(H,17,18). The number of nitrogens with zero attached hydrogens (tertiary/aromatic N) is 1. The minimum Gasteiger partial charge on any atom is -0.496 e. The Morgan fingerprint density at radius 2 is 2.05 bits per heavy atom. The smallest absolute Gasteiger partial charge is 0.140 e. The van der Waals surface area contributed by atoms with Crippen LogP contribution >= 0.6 is 31.9 Å². The number of nitrogens with one attached hydrogen (secondary N) is 1. The summed E-state index contributed by atoms with van der Waals surface area (Å²) in [5.74, 6) is 1.77. The van der Waals surface area contributed by atoms with E-state index in [0.29, 0.717) is 0 Å². The summed E-state index contributed by atoms with van der Waals surface area (Å²) in [6.45, 7) is 0.799. The van der Waals surface area contributed by atoms with Crippen molar-refractivity contribution in [2.75, 3.05) is 19.0 Å². The number of hydrogen-bond donors (Lipinski definition) is 1. The fourth-order valence-electron chi connectivity index (χ4n) is 1.77. The van der Waals surface area contributed by atoms with E-state index >= 15 is 0 Å². The van der Waals surface area contributed by atoms with Crippen LogP contribution in [0.1, 0.15) is 5.56 Å². The van der Waals surface area contributed by atoms with Gasteiger partial charge < -0.3 is 10.1 Å². The van der Waals surface area contributed by atoms with Crippen LogP contribution in [0, 0.1) is 0 Å². The summed E-state index contributed by atoms with van der Waals surface area (Å²) < 4.78 is 7.23. The van der Waals surface area contributed by atoms with E-state index in [9.17, 15) is 0 Å². The van der Waals surface area contributed by atoms with E-state index in [1.165, 1.54) is 5.56 Å². The zero-order valence-electron chi connectivity index (χ0n) is 10.5. The second-order valence-corrected chi connectivity index (χ2v) is 5.74. The molecule has 0 spiro atoms. The number of ether oxygens (including phenoxy) is 1. The highest BCUT2D eigenvalue weighted by molar-refractivity contribution is 9.11. The summed E-state index contributed by atoms with van der Waals surface area (Å²) in [6.07, 6.45) is 2.66. The Bertz CT molecular complexity index is 561. The molecule has 1 N–H and O–H groups in total. The molecule has 100 valence electrons. The highest BCUT2D eigenvalue weighted by Crippen LogP contribution is 2.24. The van der Waals surface area contributed by atoms with Crippen LogP contribution in [0.25, 0.3) is 0 Å². The maximum atomic E-state index is 5.33. The summed E-state index contributed by atoms with van der Waals surface area (Å²) in [6, 6.07) is 10.0. The van der Waals surface area contributed by atoms with Crippen molar-refractivity contribution in [3.8, 4) is 5.75 Å². The van der Waals surface area contributed by atoms with E-state index in [1.807, 2.05) is 24.3 Å². The summed E-state index contributed by atoms with van der Waals surface area (Å²) >= 11 is 6.87. The summed E-state index contributed by atoms with van der Waals surface area (Å²) in [5, 5.41) is 3.31. The van der Waals surface area contributed by atoms with Crippen LogP contribution in [0.3, 0.4) is 0 Å². The topological polar surface area (TPSA) is 34.1 Å². The number of anilines is 1. The van der Waals surface area contributed by atoms with E-state index in [0.717, 1.165) is 33.5 Å². The molecule has 0 aliphatic heterocycles. The fourth-order valence-corrected chi connectivity index (χ4v) is 2.90. The van der Waals surface area contributed by atoms with Gasteiger partial charge in [0.05, 0.1) is 11.6 Å². The van der Waals surface area contributed by atoms with Crippen LogP contribution < -0.4 is 10.1 Å². The van der Waals surface area contributed by atoms with Crippen molar-refractivity contribution in [3.63, 3.8) is 0 Å². The predicted octanol–water partition coefficient (Wildman–Crippen LogP) is 4.27. The number of pyridine rings is 1. The van der Waals surface area contributed by atoms with Gasteiger partial charge in [-0.2, -0.15) is 0 Å². The zero-order valence-corrected chi connectivity index (χ0v) is 13.7. The average Bonchev–Trinajstić information content (AvgIpc) is 2.42. The Morgan fingerprint density at radius 3 is 2.79 bits per heavy atom. The van der Waals surface area contributed by atoms with Crippen LogP contribution in [0.2, 0.25) is 0 Å². The van der Waals surface area contributed by atoms with E-state index in [2.05, 4.69) is 48.2 Å². The first-order chi connectivity index (χ1) is 9.20. The number of hydrogen-bond acceptors (Lipinski definition) is 3. The van der Waals surface area contributed by atoms with E-state index in [1.54, 1.807) is 13.3 Å². The highest BCUT2D eigenvalue weighted by Gasteiger charge is 2.04. The molecule has 0 bridgehead atoms. The molecule has 1 heterocycles. The Kier molecular flexibility index (Phi) is 5.22. The highest BCUT2D eigenvalue weighted by atomic mass is 79.9. The summed E-state index contributed by atoms with van der Waals surface area (Å²) in [5.41, 5.74) is 1.19. The Hall–Kier alpha value is -1.07. The van der Waals surface area contributed by atoms with Crippen LogP contribution in [-0.4, -0.2) is 18.6 Å². The van der Waals surface area contributed by atoms with Gasteiger partial charge in [0.1, 0.15) is 11.6 Å². The Morgan fingerprint density at radius 1 is 1.26 bits per heavy atom. The van der Waals surface area contributed by atoms with Gasteiger partial charge in [0.15, 0.2) is 0 Å². The third-order valence-corrected chi connectivity index (χ3v) is 3.73. The fraction of sp³-hybridized carbons (Fsp3) is 0.214. The molecule has 3 nitrogen and oxygen atoms in total. The molecular weight excluding hydrogens is 372 g/mol. The Balaban J connectivity index is 1.96. The number of halogens is 2. The zero-order chi connectivity index (χ0) is 13.7. The maximum Gasteiger partial charge on any atom is 0.140 e. The molecule has 19 heavy (non-hydrogen) atoms. The molecule has 0 amide bonds. The van der Waals surface area contributed by atoms with Crippen molar-refractivity contribution in [2.45, 2.75) is 6.42 Å². The van der Waals surface area contributed by atoms with Gasteiger partial charge >= 0.3 is 0 Å². The molecule has 1 aromatic heterocycles. The van der Waals surface area contributed by atoms with Gasteiger partial charge in [-0.1, -0.05) is 18.2 Å². The van der Waals surface area contributed by atoms with Gasteiger partial charge in [-0.3, -0.25) is 0 Å². The molecule has 2 rings (SSSR count). The summed E-state index contributed by atoms with van der Waals surface area (Å²) in [4.78, 5) is 4.32. The molecule has 0 radical (unpaired) electrons. The molecule has 1 aromatic carbocycles. The molecule has 0 fully saturated rings. The molecule has 0 aliphatic carbocycles. The SMILES string of the molecule is COc1ccccc1CCNc1ncc(Br)cc1Br. The van der Waals surface area contributed by atoms with Crippen molar-refractivity contribution in [3.05, 3.63) is 51.0 Å². The molecule has 0 atom stereocenters. The van der Waals surface area contributed by atoms with Crippen LogP contribution in [-0.2, 0) is 6.42 Å². The number of rotatable bonds is 5. The molecular formula is C14H14Br2N2O. The lowest BCUT2D eigenvalue weighted by atomic mass is 10.1.